The summed E-state index contributed by atoms with van der Waals surface area (Å²) in [5, 5.41) is 5.28. The molecule has 1 amide bonds. The van der Waals surface area contributed by atoms with Crippen LogP contribution in [0.1, 0.15) is 35.8 Å². The summed E-state index contributed by atoms with van der Waals surface area (Å²) in [6, 6.07) is 24.0. The highest BCUT2D eigenvalue weighted by molar-refractivity contribution is 6.07. The van der Waals surface area contributed by atoms with Crippen LogP contribution in [0.25, 0.3) is 10.8 Å². The molecule has 0 fully saturated rings. The van der Waals surface area contributed by atoms with Crippen molar-refractivity contribution in [2.45, 2.75) is 19.9 Å². The van der Waals surface area contributed by atoms with Gasteiger partial charge in [0.05, 0.1) is 6.04 Å². The van der Waals surface area contributed by atoms with Gasteiger partial charge in [0, 0.05) is 5.56 Å². The van der Waals surface area contributed by atoms with Crippen LogP contribution >= 0.6 is 0 Å². The number of fused-ring (bicyclic) bond motifs is 1. The zero-order chi connectivity index (χ0) is 16.2. The maximum atomic E-state index is 12.8. The van der Waals surface area contributed by atoms with Crippen LogP contribution < -0.4 is 5.32 Å². The lowest BCUT2D eigenvalue weighted by Crippen LogP contribution is -2.31. The number of nitrogens with one attached hydrogen (secondary N) is 1. The van der Waals surface area contributed by atoms with Crippen molar-refractivity contribution < 1.29 is 4.79 Å². The Balaban J connectivity index is 1.93. The third-order valence-electron chi connectivity index (χ3n) is 4.15. The molecule has 0 saturated carbocycles. The van der Waals surface area contributed by atoms with Crippen molar-refractivity contribution in [1.82, 2.24) is 5.32 Å². The first kappa shape index (κ1) is 15.3. The van der Waals surface area contributed by atoms with Gasteiger partial charge in [-0.15, -0.1) is 0 Å². The Morgan fingerprint density at radius 3 is 2.22 bits per heavy atom. The molecule has 2 nitrogen and oxygen atoms in total. The van der Waals surface area contributed by atoms with Gasteiger partial charge in [0.15, 0.2) is 0 Å². The summed E-state index contributed by atoms with van der Waals surface area (Å²) >= 11 is 0. The minimum Gasteiger partial charge on any atom is -0.345 e. The molecule has 3 rings (SSSR count). The second-order valence-electron chi connectivity index (χ2n) is 6.13. The SMILES string of the molecule is CC(C)C(NC(=O)c1cccc2ccccc12)c1ccccc1. The van der Waals surface area contributed by atoms with E-state index in [0.717, 1.165) is 21.9 Å². The first-order valence-electron chi connectivity index (χ1n) is 8.00. The van der Waals surface area contributed by atoms with Crippen LogP contribution in [-0.2, 0) is 0 Å². The molecule has 0 heterocycles. The monoisotopic (exact) mass is 303 g/mol. The van der Waals surface area contributed by atoms with Crippen molar-refractivity contribution in [2.75, 3.05) is 0 Å². The third kappa shape index (κ3) is 3.26. The zero-order valence-corrected chi connectivity index (χ0v) is 13.5. The fraction of sp³-hybridized carbons (Fsp3) is 0.190. The number of amides is 1. The van der Waals surface area contributed by atoms with Gasteiger partial charge in [0.1, 0.15) is 0 Å². The van der Waals surface area contributed by atoms with Crippen LogP contribution in [0, 0.1) is 5.92 Å². The molecule has 0 bridgehead atoms. The van der Waals surface area contributed by atoms with Gasteiger partial charge in [0.2, 0.25) is 0 Å². The standard InChI is InChI=1S/C21H21NO/c1-15(2)20(17-10-4-3-5-11-17)22-21(23)19-14-8-12-16-9-6-7-13-18(16)19/h3-15,20H,1-2H3,(H,22,23). The predicted octanol–water partition coefficient (Wildman–Crippen LogP) is 4.97. The van der Waals surface area contributed by atoms with Gasteiger partial charge in [-0.05, 0) is 28.3 Å². The lowest BCUT2D eigenvalue weighted by molar-refractivity contribution is 0.0927. The largest absolute Gasteiger partial charge is 0.345 e. The van der Waals surface area contributed by atoms with E-state index in [1.54, 1.807) is 0 Å². The molecule has 23 heavy (non-hydrogen) atoms. The van der Waals surface area contributed by atoms with Crippen LogP contribution in [0.4, 0.5) is 0 Å². The summed E-state index contributed by atoms with van der Waals surface area (Å²) < 4.78 is 0. The summed E-state index contributed by atoms with van der Waals surface area (Å²) in [5.41, 5.74) is 1.86. The van der Waals surface area contributed by atoms with Gasteiger partial charge in [0.25, 0.3) is 5.91 Å². The number of carbonyl (C=O) groups is 1. The summed E-state index contributed by atoms with van der Waals surface area (Å²) in [6.45, 7) is 4.25. The van der Waals surface area contributed by atoms with Crippen molar-refractivity contribution in [2.24, 2.45) is 5.92 Å². The highest BCUT2D eigenvalue weighted by Gasteiger charge is 2.19. The highest BCUT2D eigenvalue weighted by Crippen LogP contribution is 2.24. The Morgan fingerprint density at radius 1 is 0.826 bits per heavy atom. The first-order valence-corrected chi connectivity index (χ1v) is 8.00. The van der Waals surface area contributed by atoms with E-state index < -0.39 is 0 Å². The number of benzene rings is 3. The van der Waals surface area contributed by atoms with E-state index in [-0.39, 0.29) is 11.9 Å². The van der Waals surface area contributed by atoms with E-state index in [1.807, 2.05) is 60.7 Å². The number of rotatable bonds is 4. The average Bonchev–Trinajstić information content (AvgIpc) is 2.59. The van der Waals surface area contributed by atoms with Crippen LogP contribution in [0.2, 0.25) is 0 Å². The zero-order valence-electron chi connectivity index (χ0n) is 13.5. The van der Waals surface area contributed by atoms with Crippen LogP contribution in [0.3, 0.4) is 0 Å². The Kier molecular flexibility index (Phi) is 4.42. The normalized spacial score (nSPS) is 12.3. The smallest absolute Gasteiger partial charge is 0.252 e. The summed E-state index contributed by atoms with van der Waals surface area (Å²) in [7, 11) is 0. The first-order chi connectivity index (χ1) is 11.2. The Labute approximate surface area is 137 Å². The molecule has 1 N–H and O–H groups in total. The van der Waals surface area contributed by atoms with E-state index in [4.69, 9.17) is 0 Å². The molecule has 0 radical (unpaired) electrons. The van der Waals surface area contributed by atoms with Gasteiger partial charge in [-0.2, -0.15) is 0 Å². The minimum absolute atomic E-state index is 0.00247. The average molecular weight is 303 g/mol. The summed E-state index contributed by atoms with van der Waals surface area (Å²) in [4.78, 5) is 12.8. The molecule has 1 atom stereocenters. The molecule has 0 aliphatic heterocycles. The van der Waals surface area contributed by atoms with Crippen molar-refractivity contribution in [3.05, 3.63) is 83.9 Å². The second kappa shape index (κ2) is 6.66. The molecular weight excluding hydrogens is 282 g/mol. The van der Waals surface area contributed by atoms with Gasteiger partial charge >= 0.3 is 0 Å². The van der Waals surface area contributed by atoms with Crippen LogP contribution in [0.5, 0.6) is 0 Å². The molecule has 0 spiro atoms. The summed E-state index contributed by atoms with van der Waals surface area (Å²) in [6.07, 6.45) is 0. The topological polar surface area (TPSA) is 29.1 Å². The number of carbonyl (C=O) groups excluding carboxylic acids is 1. The fourth-order valence-electron chi connectivity index (χ4n) is 2.94. The molecule has 0 aliphatic rings. The fourth-order valence-corrected chi connectivity index (χ4v) is 2.94. The number of hydrogen-bond donors (Lipinski definition) is 1. The molecule has 1 unspecified atom stereocenters. The third-order valence-corrected chi connectivity index (χ3v) is 4.15. The Bertz CT molecular complexity index is 803. The van der Waals surface area contributed by atoms with Crippen LogP contribution in [0.15, 0.2) is 72.8 Å². The minimum atomic E-state index is -0.0237. The molecule has 0 saturated heterocycles. The van der Waals surface area contributed by atoms with Gasteiger partial charge in [-0.25, -0.2) is 0 Å². The molecular formula is C21H21NO. The predicted molar refractivity (Wildman–Crippen MR) is 95.4 cm³/mol. The maximum Gasteiger partial charge on any atom is 0.252 e. The van der Waals surface area contributed by atoms with E-state index in [2.05, 4.69) is 31.3 Å². The van der Waals surface area contributed by atoms with Gasteiger partial charge < -0.3 is 5.32 Å². The number of hydrogen-bond acceptors (Lipinski definition) is 1. The Hall–Kier alpha value is -2.61. The second-order valence-corrected chi connectivity index (χ2v) is 6.13. The summed E-state index contributed by atoms with van der Waals surface area (Å²) in [5.74, 6) is 0.292. The molecule has 3 aromatic carbocycles. The van der Waals surface area contributed by atoms with Crippen LogP contribution in [-0.4, -0.2) is 5.91 Å². The Morgan fingerprint density at radius 2 is 1.48 bits per heavy atom. The maximum absolute atomic E-state index is 12.8. The van der Waals surface area contributed by atoms with Crippen molar-refractivity contribution >= 4 is 16.7 Å². The van der Waals surface area contributed by atoms with Gasteiger partial charge in [-0.1, -0.05) is 80.6 Å². The molecule has 0 aliphatic carbocycles. The molecule has 116 valence electrons. The molecule has 0 aromatic heterocycles. The van der Waals surface area contributed by atoms with Crippen molar-refractivity contribution in [1.29, 1.82) is 0 Å². The van der Waals surface area contributed by atoms with E-state index in [0.29, 0.717) is 5.92 Å². The highest BCUT2D eigenvalue weighted by atomic mass is 16.1. The lowest BCUT2D eigenvalue weighted by Gasteiger charge is -2.23. The van der Waals surface area contributed by atoms with Crippen molar-refractivity contribution in [3.63, 3.8) is 0 Å². The van der Waals surface area contributed by atoms with E-state index in [9.17, 15) is 4.79 Å². The quantitative estimate of drug-likeness (QED) is 0.724. The molecule has 2 heteroatoms. The van der Waals surface area contributed by atoms with Crippen molar-refractivity contribution in [3.8, 4) is 0 Å². The van der Waals surface area contributed by atoms with E-state index in [1.165, 1.54) is 0 Å². The molecule has 3 aromatic rings. The van der Waals surface area contributed by atoms with E-state index >= 15 is 0 Å². The van der Waals surface area contributed by atoms with Gasteiger partial charge in [-0.3, -0.25) is 4.79 Å². The lowest BCUT2D eigenvalue weighted by atomic mass is 9.95.